The van der Waals surface area contributed by atoms with Gasteiger partial charge >= 0.3 is 0 Å². The molecule has 0 radical (unpaired) electrons. The van der Waals surface area contributed by atoms with Gasteiger partial charge in [0, 0.05) is 0 Å². The SMILES string of the molecule is CCC(CC)[C@H]1CC[C@@]2(CC)[C@@H]1CC[C@]1(CC)[C@@H]2CC[C@@H]2[C@H]3CCCC(C)(C)[C@@H]3CC[C@]21CC. The summed E-state index contributed by atoms with van der Waals surface area (Å²) < 4.78 is 0. The zero-order chi connectivity index (χ0) is 24.4. The van der Waals surface area contributed by atoms with Crippen LogP contribution in [0.1, 0.15) is 151 Å². The number of hydrogen-bond donors (Lipinski definition) is 0. The van der Waals surface area contributed by atoms with Gasteiger partial charge in [0.1, 0.15) is 0 Å². The molecule has 0 aromatic carbocycles. The first-order valence-electron chi connectivity index (χ1n) is 16.3. The van der Waals surface area contributed by atoms with Crippen LogP contribution in [-0.4, -0.2) is 0 Å². The Labute approximate surface area is 214 Å². The Morgan fingerprint density at radius 2 is 1.29 bits per heavy atom. The lowest BCUT2D eigenvalue weighted by atomic mass is 9.32. The quantitative estimate of drug-likeness (QED) is 0.363. The van der Waals surface area contributed by atoms with Gasteiger partial charge in [-0.1, -0.05) is 67.7 Å². The third kappa shape index (κ3) is 3.20. The van der Waals surface area contributed by atoms with Crippen LogP contribution in [0.3, 0.4) is 0 Å². The molecule has 0 heterocycles. The van der Waals surface area contributed by atoms with Gasteiger partial charge in [-0.15, -0.1) is 0 Å². The highest BCUT2D eigenvalue weighted by molar-refractivity contribution is 5.19. The highest BCUT2D eigenvalue weighted by Gasteiger charge is 2.70. The van der Waals surface area contributed by atoms with E-state index in [0.29, 0.717) is 21.7 Å². The Morgan fingerprint density at radius 1 is 0.618 bits per heavy atom. The van der Waals surface area contributed by atoms with Gasteiger partial charge in [-0.3, -0.25) is 0 Å². The maximum atomic E-state index is 2.65. The lowest BCUT2D eigenvalue weighted by molar-refractivity contribution is -0.238. The minimum absolute atomic E-state index is 0.593. The first-order chi connectivity index (χ1) is 16.3. The molecule has 5 rings (SSSR count). The van der Waals surface area contributed by atoms with E-state index in [1.807, 2.05) is 0 Å². The fourth-order valence-electron chi connectivity index (χ4n) is 13.5. The normalized spacial score (nSPS) is 49.8. The monoisotopic (exact) mass is 468 g/mol. The summed E-state index contributed by atoms with van der Waals surface area (Å²) in [6.07, 6.45) is 24.4. The summed E-state index contributed by atoms with van der Waals surface area (Å²) in [5, 5.41) is 0. The zero-order valence-corrected chi connectivity index (χ0v) is 24.4. The predicted molar refractivity (Wildman–Crippen MR) is 148 cm³/mol. The molecule has 5 saturated carbocycles. The predicted octanol–water partition coefficient (Wildman–Crippen LogP) is 10.7. The minimum Gasteiger partial charge on any atom is -0.0651 e. The lowest BCUT2D eigenvalue weighted by Crippen LogP contribution is -2.65. The standard InChI is InChI=1S/C34H60/c1-8-24(9-2)25-17-21-32(10-3)28(25)19-23-34(12-5)30(32)16-15-29-26-14-13-20-31(6,7)27(26)18-22-33(29,34)11-4/h24-30H,8-23H2,1-7H3/t25-,26+,27-,28-,29-,30-,32+,33-,34-/m1/s1. The minimum atomic E-state index is 0.593. The fourth-order valence-corrected chi connectivity index (χ4v) is 13.5. The van der Waals surface area contributed by atoms with Gasteiger partial charge in [-0.25, -0.2) is 0 Å². The first kappa shape index (κ1) is 25.6. The summed E-state index contributed by atoms with van der Waals surface area (Å²) in [5.41, 5.74) is 2.57. The Bertz CT molecular complexity index is 716. The van der Waals surface area contributed by atoms with E-state index in [9.17, 15) is 0 Å². The second kappa shape index (κ2) is 9.08. The van der Waals surface area contributed by atoms with Gasteiger partial charge in [-0.2, -0.15) is 0 Å². The molecule has 0 bridgehead atoms. The van der Waals surface area contributed by atoms with E-state index in [2.05, 4.69) is 48.5 Å². The molecule has 0 amide bonds. The van der Waals surface area contributed by atoms with Gasteiger partial charge in [0.05, 0.1) is 0 Å². The van der Waals surface area contributed by atoms with Crippen molar-refractivity contribution in [3.05, 3.63) is 0 Å². The van der Waals surface area contributed by atoms with Crippen molar-refractivity contribution in [1.82, 2.24) is 0 Å². The van der Waals surface area contributed by atoms with Crippen molar-refractivity contribution in [3.63, 3.8) is 0 Å². The third-order valence-corrected chi connectivity index (χ3v) is 14.8. The molecule has 5 aliphatic rings. The maximum Gasteiger partial charge on any atom is -0.0207 e. The summed E-state index contributed by atoms with van der Waals surface area (Å²) in [7, 11) is 0. The highest BCUT2D eigenvalue weighted by Crippen LogP contribution is 2.78. The molecule has 34 heavy (non-hydrogen) atoms. The second-order valence-electron chi connectivity index (χ2n) is 15.0. The first-order valence-corrected chi connectivity index (χ1v) is 16.3. The Kier molecular flexibility index (Phi) is 6.85. The average molecular weight is 469 g/mol. The topological polar surface area (TPSA) is 0 Å². The van der Waals surface area contributed by atoms with Crippen LogP contribution in [0, 0.1) is 63.1 Å². The highest BCUT2D eigenvalue weighted by atomic mass is 14.7. The van der Waals surface area contributed by atoms with Gasteiger partial charge in [0.15, 0.2) is 0 Å². The van der Waals surface area contributed by atoms with E-state index in [0.717, 1.165) is 41.4 Å². The van der Waals surface area contributed by atoms with Crippen LogP contribution in [0.4, 0.5) is 0 Å². The fraction of sp³-hybridized carbons (Fsp3) is 1.00. The summed E-state index contributed by atoms with van der Waals surface area (Å²) in [4.78, 5) is 0. The van der Waals surface area contributed by atoms with E-state index in [4.69, 9.17) is 0 Å². The van der Waals surface area contributed by atoms with Crippen LogP contribution < -0.4 is 0 Å². The summed E-state index contributed by atoms with van der Waals surface area (Å²) in [6, 6.07) is 0. The molecule has 0 spiro atoms. The van der Waals surface area contributed by atoms with Crippen molar-refractivity contribution < 1.29 is 0 Å². The lowest BCUT2D eigenvalue weighted by Gasteiger charge is -2.72. The Hall–Kier alpha value is 0. The van der Waals surface area contributed by atoms with Crippen LogP contribution in [-0.2, 0) is 0 Å². The third-order valence-electron chi connectivity index (χ3n) is 14.8. The number of rotatable bonds is 6. The molecule has 0 aromatic rings. The van der Waals surface area contributed by atoms with Crippen molar-refractivity contribution in [2.24, 2.45) is 63.1 Å². The number of hydrogen-bond acceptors (Lipinski definition) is 0. The molecule has 0 aliphatic heterocycles. The van der Waals surface area contributed by atoms with E-state index in [-0.39, 0.29) is 0 Å². The average Bonchev–Trinajstić information content (AvgIpc) is 3.23. The Balaban J connectivity index is 1.54. The van der Waals surface area contributed by atoms with Crippen molar-refractivity contribution in [3.8, 4) is 0 Å². The van der Waals surface area contributed by atoms with Crippen LogP contribution in [0.25, 0.3) is 0 Å². The van der Waals surface area contributed by atoms with Gasteiger partial charge in [0.2, 0.25) is 0 Å². The summed E-state index contributed by atoms with van der Waals surface area (Å²) >= 11 is 0. The van der Waals surface area contributed by atoms with Crippen LogP contribution in [0.5, 0.6) is 0 Å². The van der Waals surface area contributed by atoms with E-state index in [1.54, 1.807) is 57.8 Å². The number of fused-ring (bicyclic) bond motifs is 7. The van der Waals surface area contributed by atoms with Crippen LogP contribution in [0.15, 0.2) is 0 Å². The second-order valence-corrected chi connectivity index (χ2v) is 15.0. The molecular formula is C34H60. The molecule has 0 saturated heterocycles. The molecular weight excluding hydrogens is 408 g/mol. The maximum absolute atomic E-state index is 2.65. The van der Waals surface area contributed by atoms with Gasteiger partial charge in [-0.05, 0) is 147 Å². The summed E-state index contributed by atoms with van der Waals surface area (Å²) in [6.45, 7) is 18.2. The molecule has 0 N–H and O–H groups in total. The van der Waals surface area contributed by atoms with Crippen molar-refractivity contribution in [1.29, 1.82) is 0 Å². The van der Waals surface area contributed by atoms with Crippen molar-refractivity contribution in [2.75, 3.05) is 0 Å². The molecule has 5 fully saturated rings. The smallest absolute Gasteiger partial charge is 0.0207 e. The van der Waals surface area contributed by atoms with Crippen LogP contribution >= 0.6 is 0 Å². The van der Waals surface area contributed by atoms with E-state index < -0.39 is 0 Å². The largest absolute Gasteiger partial charge is 0.0651 e. The Morgan fingerprint density at radius 3 is 1.94 bits per heavy atom. The molecule has 0 unspecified atom stereocenters. The molecule has 0 heteroatoms. The molecule has 0 nitrogen and oxygen atoms in total. The van der Waals surface area contributed by atoms with E-state index >= 15 is 0 Å². The van der Waals surface area contributed by atoms with Crippen molar-refractivity contribution in [2.45, 2.75) is 151 Å². The summed E-state index contributed by atoms with van der Waals surface area (Å²) in [5.74, 6) is 7.18. The van der Waals surface area contributed by atoms with Crippen molar-refractivity contribution >= 4 is 0 Å². The van der Waals surface area contributed by atoms with Gasteiger partial charge < -0.3 is 0 Å². The van der Waals surface area contributed by atoms with Gasteiger partial charge in [0.25, 0.3) is 0 Å². The molecule has 5 aliphatic carbocycles. The zero-order valence-electron chi connectivity index (χ0n) is 24.4. The molecule has 9 atom stereocenters. The molecule has 0 aromatic heterocycles. The van der Waals surface area contributed by atoms with E-state index in [1.165, 1.54) is 44.9 Å². The van der Waals surface area contributed by atoms with Crippen LogP contribution in [0.2, 0.25) is 0 Å². The molecule has 196 valence electrons.